The molecule has 34 heavy (non-hydrogen) atoms. The number of fused-ring (bicyclic) bond motifs is 1. The van der Waals surface area contributed by atoms with E-state index in [0.717, 1.165) is 29.0 Å². The van der Waals surface area contributed by atoms with Gasteiger partial charge in [-0.1, -0.05) is 23.7 Å². The van der Waals surface area contributed by atoms with E-state index in [1.807, 2.05) is 12.1 Å². The Hall–Kier alpha value is -3.43. The van der Waals surface area contributed by atoms with E-state index in [9.17, 15) is 18.0 Å². The molecule has 2 aromatic carbocycles. The number of H-pyrrole nitrogens is 2. The largest absolute Gasteiger partial charge is 0.416 e. The van der Waals surface area contributed by atoms with Crippen LogP contribution in [0.1, 0.15) is 22.4 Å². The first kappa shape index (κ1) is 22.4. The second-order valence-electron chi connectivity index (χ2n) is 8.15. The number of alkyl halides is 3. The number of halogens is 4. The highest BCUT2D eigenvalue weighted by atomic mass is 35.5. The monoisotopic (exact) mass is 485 g/mol. The average Bonchev–Trinajstić information content (AvgIpc) is 3.27. The van der Waals surface area contributed by atoms with Crippen molar-refractivity contribution in [3.05, 3.63) is 92.5 Å². The minimum absolute atomic E-state index is 0.185. The fourth-order valence-corrected chi connectivity index (χ4v) is 4.23. The van der Waals surface area contributed by atoms with Gasteiger partial charge < -0.3 is 4.98 Å². The Morgan fingerprint density at radius 3 is 2.44 bits per heavy atom. The highest BCUT2D eigenvalue weighted by molar-refractivity contribution is 6.30. The molecule has 0 aliphatic carbocycles. The van der Waals surface area contributed by atoms with Crippen LogP contribution in [0.5, 0.6) is 0 Å². The Labute approximate surface area is 197 Å². The lowest BCUT2D eigenvalue weighted by Gasteiger charge is -2.27. The molecule has 1 aliphatic heterocycles. The molecule has 0 amide bonds. The summed E-state index contributed by atoms with van der Waals surface area (Å²) in [4.78, 5) is 22.4. The lowest BCUT2D eigenvalue weighted by Crippen LogP contribution is -2.35. The van der Waals surface area contributed by atoms with E-state index in [0.29, 0.717) is 53.7 Å². The second-order valence-corrected chi connectivity index (χ2v) is 8.59. The van der Waals surface area contributed by atoms with Crippen molar-refractivity contribution in [2.45, 2.75) is 25.7 Å². The van der Waals surface area contributed by atoms with Crippen LogP contribution in [-0.2, 0) is 25.7 Å². The van der Waals surface area contributed by atoms with Gasteiger partial charge in [0.1, 0.15) is 5.82 Å². The third kappa shape index (κ3) is 4.49. The number of aromatic amines is 2. The van der Waals surface area contributed by atoms with E-state index in [1.165, 1.54) is 12.1 Å². The summed E-state index contributed by atoms with van der Waals surface area (Å²) in [6.45, 7) is 1.59. The van der Waals surface area contributed by atoms with Gasteiger partial charge in [-0.05, 0) is 42.0 Å². The van der Waals surface area contributed by atoms with Crippen molar-refractivity contribution in [2.24, 2.45) is 0 Å². The number of rotatable bonds is 4. The smallest absolute Gasteiger partial charge is 0.306 e. The summed E-state index contributed by atoms with van der Waals surface area (Å²) in [6, 6.07) is 12.1. The molecule has 6 nitrogen and oxygen atoms in total. The van der Waals surface area contributed by atoms with E-state index >= 15 is 0 Å². The molecule has 0 unspecified atom stereocenters. The summed E-state index contributed by atoms with van der Waals surface area (Å²) in [5.41, 5.74) is 3.39. The van der Waals surface area contributed by atoms with Gasteiger partial charge in [-0.25, -0.2) is 4.98 Å². The Morgan fingerprint density at radius 1 is 1.03 bits per heavy atom. The molecular formula is C24H19ClF3N5O. The predicted octanol–water partition coefficient (Wildman–Crippen LogP) is 5.06. The van der Waals surface area contributed by atoms with Gasteiger partial charge in [0.25, 0.3) is 5.56 Å². The number of benzene rings is 2. The fraction of sp³-hybridized carbons (Fsp3) is 0.208. The first-order valence-electron chi connectivity index (χ1n) is 10.6. The number of aromatic nitrogens is 4. The third-order valence-electron chi connectivity index (χ3n) is 5.88. The molecule has 0 saturated carbocycles. The summed E-state index contributed by atoms with van der Waals surface area (Å²) in [7, 11) is 0. The van der Waals surface area contributed by atoms with Crippen LogP contribution in [0.15, 0.2) is 59.5 Å². The van der Waals surface area contributed by atoms with Crippen LogP contribution < -0.4 is 5.56 Å². The van der Waals surface area contributed by atoms with Crippen LogP contribution in [-0.4, -0.2) is 31.6 Å². The van der Waals surface area contributed by atoms with Gasteiger partial charge in [0.05, 0.1) is 28.7 Å². The molecule has 5 rings (SSSR count). The zero-order valence-electron chi connectivity index (χ0n) is 17.8. The van der Waals surface area contributed by atoms with E-state index in [4.69, 9.17) is 11.6 Å². The van der Waals surface area contributed by atoms with Crippen LogP contribution in [0.3, 0.4) is 0 Å². The van der Waals surface area contributed by atoms with Crippen molar-refractivity contribution in [1.82, 2.24) is 25.1 Å². The van der Waals surface area contributed by atoms with Gasteiger partial charge in [-0.2, -0.15) is 18.3 Å². The number of nitrogens with zero attached hydrogens (tertiary/aromatic N) is 3. The molecule has 174 valence electrons. The quantitative estimate of drug-likeness (QED) is 0.423. The summed E-state index contributed by atoms with van der Waals surface area (Å²) in [5, 5.41) is 7.57. The molecule has 0 bridgehead atoms. The van der Waals surface area contributed by atoms with Gasteiger partial charge in [0.2, 0.25) is 0 Å². The lowest BCUT2D eigenvalue weighted by molar-refractivity contribution is -0.137. The fourth-order valence-electron chi connectivity index (χ4n) is 4.11. The molecule has 0 atom stereocenters. The SMILES string of the molecule is O=c1[nH]c(-c2ccc(Cl)cc2)nc2c1CN(Cc1cn[nH]c1-c1ccc(C(F)(F)F)cc1)CC2. The predicted molar refractivity (Wildman–Crippen MR) is 122 cm³/mol. The van der Waals surface area contributed by atoms with Crippen molar-refractivity contribution in [3.63, 3.8) is 0 Å². The van der Waals surface area contributed by atoms with Crippen molar-refractivity contribution in [2.75, 3.05) is 6.54 Å². The van der Waals surface area contributed by atoms with E-state index < -0.39 is 11.7 Å². The normalized spacial score (nSPS) is 14.2. The molecule has 0 radical (unpaired) electrons. The van der Waals surface area contributed by atoms with Gasteiger partial charge in [0, 0.05) is 42.2 Å². The van der Waals surface area contributed by atoms with Crippen LogP contribution in [0.25, 0.3) is 22.6 Å². The zero-order valence-corrected chi connectivity index (χ0v) is 18.5. The topological polar surface area (TPSA) is 77.7 Å². The third-order valence-corrected chi connectivity index (χ3v) is 6.13. The van der Waals surface area contributed by atoms with Gasteiger partial charge in [-0.15, -0.1) is 0 Å². The molecule has 2 aromatic heterocycles. The molecule has 2 N–H and O–H groups in total. The average molecular weight is 486 g/mol. The maximum atomic E-state index is 12.9. The summed E-state index contributed by atoms with van der Waals surface area (Å²) >= 11 is 5.95. The molecule has 3 heterocycles. The second kappa shape index (κ2) is 8.73. The lowest BCUT2D eigenvalue weighted by atomic mass is 10.0. The Bertz CT molecular complexity index is 1380. The maximum absolute atomic E-state index is 12.9. The highest BCUT2D eigenvalue weighted by Gasteiger charge is 2.30. The van der Waals surface area contributed by atoms with Crippen molar-refractivity contribution in [3.8, 4) is 22.6 Å². The molecule has 0 fully saturated rings. The first-order valence-corrected chi connectivity index (χ1v) is 11.0. The zero-order chi connectivity index (χ0) is 23.9. The summed E-state index contributed by atoms with van der Waals surface area (Å²) in [5.74, 6) is 0.508. The highest BCUT2D eigenvalue weighted by Crippen LogP contribution is 2.31. The van der Waals surface area contributed by atoms with Gasteiger partial charge in [0.15, 0.2) is 0 Å². The first-order chi connectivity index (χ1) is 16.3. The maximum Gasteiger partial charge on any atom is 0.416 e. The van der Waals surface area contributed by atoms with Crippen LogP contribution in [0.2, 0.25) is 5.02 Å². The number of nitrogens with one attached hydrogen (secondary N) is 2. The van der Waals surface area contributed by atoms with Crippen molar-refractivity contribution in [1.29, 1.82) is 0 Å². The molecule has 4 aromatic rings. The minimum atomic E-state index is -4.38. The molecule has 10 heteroatoms. The van der Waals surface area contributed by atoms with Crippen molar-refractivity contribution < 1.29 is 13.2 Å². The molecule has 0 saturated heterocycles. The van der Waals surface area contributed by atoms with Gasteiger partial charge >= 0.3 is 6.18 Å². The van der Waals surface area contributed by atoms with Crippen LogP contribution in [0, 0.1) is 0 Å². The number of hydrogen-bond donors (Lipinski definition) is 2. The Kier molecular flexibility index (Phi) is 5.75. The summed E-state index contributed by atoms with van der Waals surface area (Å²) in [6.07, 6.45) is -2.12. The Balaban J connectivity index is 1.35. The van der Waals surface area contributed by atoms with Crippen molar-refractivity contribution >= 4 is 11.6 Å². The summed E-state index contributed by atoms with van der Waals surface area (Å²) < 4.78 is 38.6. The molecular weight excluding hydrogens is 467 g/mol. The van der Waals surface area contributed by atoms with Crippen LogP contribution >= 0.6 is 11.6 Å². The Morgan fingerprint density at radius 2 is 1.74 bits per heavy atom. The van der Waals surface area contributed by atoms with Gasteiger partial charge in [-0.3, -0.25) is 14.8 Å². The minimum Gasteiger partial charge on any atom is -0.306 e. The molecule has 1 aliphatic rings. The van der Waals surface area contributed by atoms with Crippen LogP contribution in [0.4, 0.5) is 13.2 Å². The van der Waals surface area contributed by atoms with E-state index in [2.05, 4.69) is 25.1 Å². The molecule has 0 spiro atoms. The number of hydrogen-bond acceptors (Lipinski definition) is 4. The standard InChI is InChI=1S/C24H19ClF3N5O/c25-18-7-3-15(4-8-18)22-30-20-9-10-33(13-19(20)23(34)31-22)12-16-11-29-32-21(16)14-1-5-17(6-2-14)24(26,27)28/h1-8,11H,9-10,12-13H2,(H,29,32)(H,30,31,34). The van der Waals surface area contributed by atoms with E-state index in [-0.39, 0.29) is 5.56 Å². The van der Waals surface area contributed by atoms with E-state index in [1.54, 1.807) is 18.3 Å².